The average molecular weight is 199 g/mol. The van der Waals surface area contributed by atoms with Crippen LogP contribution in [-0.4, -0.2) is 25.8 Å². The van der Waals surface area contributed by atoms with E-state index in [9.17, 15) is 0 Å². The molecule has 0 amide bonds. The molecule has 0 bridgehead atoms. The predicted molar refractivity (Wildman–Crippen MR) is 60.5 cm³/mol. The number of ether oxygens (including phenoxy) is 1. The number of hydrogen-bond acceptors (Lipinski definition) is 2. The zero-order chi connectivity index (χ0) is 10.2. The van der Waals surface area contributed by atoms with E-state index in [4.69, 9.17) is 4.74 Å². The average Bonchev–Trinajstić information content (AvgIpc) is 2.21. The lowest BCUT2D eigenvalue weighted by atomic mass is 9.85. The van der Waals surface area contributed by atoms with Crippen LogP contribution in [0.1, 0.15) is 46.0 Å². The molecule has 0 aromatic carbocycles. The molecule has 2 heteroatoms. The molecule has 0 radical (unpaired) electrons. The van der Waals surface area contributed by atoms with Gasteiger partial charge in [0.15, 0.2) is 0 Å². The van der Waals surface area contributed by atoms with Crippen molar-refractivity contribution < 1.29 is 4.74 Å². The van der Waals surface area contributed by atoms with Gasteiger partial charge in [-0.2, -0.15) is 0 Å². The molecule has 0 heterocycles. The van der Waals surface area contributed by atoms with Gasteiger partial charge in [-0.25, -0.2) is 0 Å². The molecule has 1 N–H and O–H groups in total. The van der Waals surface area contributed by atoms with E-state index in [-0.39, 0.29) is 0 Å². The van der Waals surface area contributed by atoms with Gasteiger partial charge in [-0.15, -0.1) is 0 Å². The predicted octanol–water partition coefficient (Wildman–Crippen LogP) is 2.58. The van der Waals surface area contributed by atoms with Crippen molar-refractivity contribution in [1.82, 2.24) is 5.32 Å². The summed E-state index contributed by atoms with van der Waals surface area (Å²) < 4.78 is 5.66. The Labute approximate surface area is 88.4 Å². The van der Waals surface area contributed by atoms with Gasteiger partial charge < -0.3 is 10.1 Å². The minimum Gasteiger partial charge on any atom is -0.381 e. The highest BCUT2D eigenvalue weighted by atomic mass is 16.5. The second kappa shape index (κ2) is 7.24. The molecule has 2 atom stereocenters. The zero-order valence-electron chi connectivity index (χ0n) is 9.72. The summed E-state index contributed by atoms with van der Waals surface area (Å²) >= 11 is 0. The largest absolute Gasteiger partial charge is 0.381 e. The van der Waals surface area contributed by atoms with Gasteiger partial charge in [0, 0.05) is 12.6 Å². The highest BCUT2D eigenvalue weighted by Gasteiger charge is 2.23. The SMILES string of the molecule is CCCOCC1CCCCC1NCC. The molecule has 1 aliphatic rings. The monoisotopic (exact) mass is 199 g/mol. The Bertz CT molecular complexity index is 136. The first-order valence-corrected chi connectivity index (χ1v) is 6.19. The van der Waals surface area contributed by atoms with Crippen LogP contribution in [-0.2, 0) is 4.74 Å². The molecule has 1 fully saturated rings. The highest BCUT2D eigenvalue weighted by molar-refractivity contribution is 4.80. The third-order valence-corrected chi connectivity index (χ3v) is 3.06. The lowest BCUT2D eigenvalue weighted by Crippen LogP contribution is -2.40. The third-order valence-electron chi connectivity index (χ3n) is 3.06. The Morgan fingerprint density at radius 3 is 2.71 bits per heavy atom. The van der Waals surface area contributed by atoms with Crippen LogP contribution in [0.25, 0.3) is 0 Å². The van der Waals surface area contributed by atoms with Gasteiger partial charge in [0.05, 0.1) is 6.61 Å². The van der Waals surface area contributed by atoms with Crippen molar-refractivity contribution in [2.45, 2.75) is 52.0 Å². The smallest absolute Gasteiger partial charge is 0.0509 e. The standard InChI is InChI=1S/C12H25NO/c1-3-9-14-10-11-7-5-6-8-12(11)13-4-2/h11-13H,3-10H2,1-2H3. The first kappa shape index (κ1) is 12.0. The molecule has 84 valence electrons. The van der Waals surface area contributed by atoms with Gasteiger partial charge in [-0.1, -0.05) is 26.7 Å². The fraction of sp³-hybridized carbons (Fsp3) is 1.00. The molecule has 1 aliphatic carbocycles. The third kappa shape index (κ3) is 3.97. The Balaban J connectivity index is 2.22. The van der Waals surface area contributed by atoms with Crippen molar-refractivity contribution in [3.05, 3.63) is 0 Å². The van der Waals surface area contributed by atoms with Crippen molar-refractivity contribution in [3.63, 3.8) is 0 Å². The minimum atomic E-state index is 0.714. The number of rotatable bonds is 6. The van der Waals surface area contributed by atoms with Crippen LogP contribution >= 0.6 is 0 Å². The van der Waals surface area contributed by atoms with Crippen LogP contribution < -0.4 is 5.32 Å². The summed E-state index contributed by atoms with van der Waals surface area (Å²) in [7, 11) is 0. The van der Waals surface area contributed by atoms with Crippen molar-refractivity contribution in [2.24, 2.45) is 5.92 Å². The number of hydrogen-bond donors (Lipinski definition) is 1. The van der Waals surface area contributed by atoms with Crippen LogP contribution in [0.2, 0.25) is 0 Å². The molecular weight excluding hydrogens is 174 g/mol. The van der Waals surface area contributed by atoms with Gasteiger partial charge in [0.25, 0.3) is 0 Å². The van der Waals surface area contributed by atoms with Gasteiger partial charge in [-0.05, 0) is 31.7 Å². The molecule has 1 rings (SSSR count). The molecular formula is C12H25NO. The lowest BCUT2D eigenvalue weighted by molar-refractivity contribution is 0.0704. The molecule has 0 aromatic heterocycles. The van der Waals surface area contributed by atoms with E-state index in [0.29, 0.717) is 6.04 Å². The first-order valence-electron chi connectivity index (χ1n) is 6.19. The van der Waals surface area contributed by atoms with E-state index in [0.717, 1.165) is 32.1 Å². The van der Waals surface area contributed by atoms with Crippen LogP contribution in [0.5, 0.6) is 0 Å². The topological polar surface area (TPSA) is 21.3 Å². The van der Waals surface area contributed by atoms with Crippen molar-refractivity contribution in [3.8, 4) is 0 Å². The summed E-state index contributed by atoms with van der Waals surface area (Å²) in [5.41, 5.74) is 0. The lowest BCUT2D eigenvalue weighted by Gasteiger charge is -2.31. The first-order chi connectivity index (χ1) is 6.88. The summed E-state index contributed by atoms with van der Waals surface area (Å²) in [5, 5.41) is 3.58. The van der Waals surface area contributed by atoms with Crippen LogP contribution in [0.4, 0.5) is 0 Å². The van der Waals surface area contributed by atoms with Crippen LogP contribution in [0.3, 0.4) is 0 Å². The fourth-order valence-electron chi connectivity index (χ4n) is 2.32. The van der Waals surface area contributed by atoms with Gasteiger partial charge >= 0.3 is 0 Å². The minimum absolute atomic E-state index is 0.714. The Hall–Kier alpha value is -0.0800. The number of nitrogens with one attached hydrogen (secondary N) is 1. The van der Waals surface area contributed by atoms with Crippen molar-refractivity contribution >= 4 is 0 Å². The second-order valence-electron chi connectivity index (χ2n) is 4.28. The van der Waals surface area contributed by atoms with E-state index < -0.39 is 0 Å². The molecule has 2 nitrogen and oxygen atoms in total. The fourth-order valence-corrected chi connectivity index (χ4v) is 2.32. The van der Waals surface area contributed by atoms with E-state index in [1.807, 2.05) is 0 Å². The molecule has 1 saturated carbocycles. The summed E-state index contributed by atoms with van der Waals surface area (Å²) in [6, 6.07) is 0.714. The Morgan fingerprint density at radius 1 is 1.21 bits per heavy atom. The van der Waals surface area contributed by atoms with Gasteiger partial charge in [0.1, 0.15) is 0 Å². The van der Waals surface area contributed by atoms with E-state index in [1.54, 1.807) is 0 Å². The maximum absolute atomic E-state index is 5.66. The molecule has 0 saturated heterocycles. The van der Waals surface area contributed by atoms with E-state index in [2.05, 4.69) is 19.2 Å². The molecule has 0 spiro atoms. The molecule has 2 unspecified atom stereocenters. The van der Waals surface area contributed by atoms with E-state index in [1.165, 1.54) is 25.7 Å². The molecule has 0 aromatic rings. The second-order valence-corrected chi connectivity index (χ2v) is 4.28. The molecule has 14 heavy (non-hydrogen) atoms. The summed E-state index contributed by atoms with van der Waals surface area (Å²) in [4.78, 5) is 0. The Kier molecular flexibility index (Phi) is 6.20. The Morgan fingerprint density at radius 2 is 2.00 bits per heavy atom. The van der Waals surface area contributed by atoms with Crippen molar-refractivity contribution in [2.75, 3.05) is 19.8 Å². The van der Waals surface area contributed by atoms with Crippen LogP contribution in [0.15, 0.2) is 0 Å². The zero-order valence-corrected chi connectivity index (χ0v) is 9.72. The maximum Gasteiger partial charge on any atom is 0.0509 e. The van der Waals surface area contributed by atoms with Gasteiger partial charge in [0.2, 0.25) is 0 Å². The van der Waals surface area contributed by atoms with Gasteiger partial charge in [-0.3, -0.25) is 0 Å². The highest BCUT2D eigenvalue weighted by Crippen LogP contribution is 2.24. The quantitative estimate of drug-likeness (QED) is 0.664. The van der Waals surface area contributed by atoms with Crippen LogP contribution in [0, 0.1) is 5.92 Å². The summed E-state index contributed by atoms with van der Waals surface area (Å²) in [6.45, 7) is 7.34. The maximum atomic E-state index is 5.66. The summed E-state index contributed by atoms with van der Waals surface area (Å²) in [5.74, 6) is 0.759. The normalized spacial score (nSPS) is 27.9. The van der Waals surface area contributed by atoms with Crippen molar-refractivity contribution in [1.29, 1.82) is 0 Å². The molecule has 0 aliphatic heterocycles. The van der Waals surface area contributed by atoms with E-state index >= 15 is 0 Å². The summed E-state index contributed by atoms with van der Waals surface area (Å²) in [6.07, 6.45) is 6.61.